The average molecular weight is 201 g/mol. The molecule has 0 heterocycles. The summed E-state index contributed by atoms with van der Waals surface area (Å²) in [6, 6.07) is 6.81. The van der Waals surface area contributed by atoms with E-state index in [9.17, 15) is 0 Å². The van der Waals surface area contributed by atoms with Crippen LogP contribution in [0.15, 0.2) is 18.2 Å². The van der Waals surface area contributed by atoms with Gasteiger partial charge in [-0.1, -0.05) is 45.9 Å². The molecule has 81 valence electrons. The number of hydrogen-bond donors (Lipinski definition) is 0. The Labute approximate surface area is 93.7 Å². The molecule has 0 bridgehead atoms. The fourth-order valence-corrected chi connectivity index (χ4v) is 2.35. The summed E-state index contributed by atoms with van der Waals surface area (Å²) in [6.45, 7) is 9.06. The molecule has 0 nitrogen and oxygen atoms in total. The zero-order valence-electron chi connectivity index (χ0n) is 10.3. The van der Waals surface area contributed by atoms with Crippen LogP contribution >= 0.6 is 0 Å². The van der Waals surface area contributed by atoms with Crippen LogP contribution in [0.25, 0.3) is 0 Å². The zero-order chi connectivity index (χ0) is 11.0. The van der Waals surface area contributed by atoms with E-state index in [0.29, 0.717) is 5.92 Å². The second kappa shape index (κ2) is 4.00. The van der Waals surface area contributed by atoms with Crippen molar-refractivity contribution >= 4 is 0 Å². The Balaban J connectivity index is 2.50. The number of benzene rings is 1. The van der Waals surface area contributed by atoms with Crippen molar-refractivity contribution in [3.05, 3.63) is 40.8 Å². The summed E-state index contributed by atoms with van der Waals surface area (Å²) in [7, 11) is 0. The van der Waals surface area contributed by atoms with Gasteiger partial charge in [0.1, 0.15) is 0 Å². The Morgan fingerprint density at radius 2 is 1.87 bits per heavy atom. The van der Waals surface area contributed by atoms with Gasteiger partial charge in [0.05, 0.1) is 0 Å². The first-order chi connectivity index (χ1) is 7.11. The molecule has 0 aromatic heterocycles. The predicted molar refractivity (Wildman–Crippen MR) is 66.2 cm³/mol. The van der Waals surface area contributed by atoms with Crippen LogP contribution in [0.3, 0.4) is 0 Å². The van der Waals surface area contributed by atoms with Crippen molar-refractivity contribution in [3.8, 4) is 0 Å². The third-order valence-electron chi connectivity index (χ3n) is 3.29. The first-order valence-corrected chi connectivity index (χ1v) is 6.04. The molecule has 0 atom stereocenters. The SMILES string of the molecule is C[C](C)c1cccc(C(C)C)c1C1CC1. The first kappa shape index (κ1) is 10.7. The van der Waals surface area contributed by atoms with Gasteiger partial charge < -0.3 is 0 Å². The molecule has 0 unspecified atom stereocenters. The summed E-state index contributed by atoms with van der Waals surface area (Å²) in [6.07, 6.45) is 2.79. The topological polar surface area (TPSA) is 0 Å². The Kier molecular flexibility index (Phi) is 2.86. The molecule has 1 aliphatic rings. The molecule has 15 heavy (non-hydrogen) atoms. The van der Waals surface area contributed by atoms with E-state index >= 15 is 0 Å². The summed E-state index contributed by atoms with van der Waals surface area (Å²) in [5.41, 5.74) is 4.72. The molecule has 1 aromatic rings. The quantitative estimate of drug-likeness (QED) is 0.667. The molecular weight excluding hydrogens is 180 g/mol. The van der Waals surface area contributed by atoms with E-state index in [-0.39, 0.29) is 0 Å². The number of hydrogen-bond acceptors (Lipinski definition) is 0. The van der Waals surface area contributed by atoms with Crippen LogP contribution in [0.4, 0.5) is 0 Å². The van der Waals surface area contributed by atoms with Crippen LogP contribution in [0.1, 0.15) is 69.1 Å². The monoisotopic (exact) mass is 201 g/mol. The molecule has 0 heteroatoms. The van der Waals surface area contributed by atoms with Crippen molar-refractivity contribution in [1.82, 2.24) is 0 Å². The highest BCUT2D eigenvalue weighted by Gasteiger charge is 2.29. The first-order valence-electron chi connectivity index (χ1n) is 6.04. The van der Waals surface area contributed by atoms with E-state index in [1.165, 1.54) is 24.3 Å². The minimum Gasteiger partial charge on any atom is -0.0617 e. The van der Waals surface area contributed by atoms with E-state index in [1.54, 1.807) is 11.1 Å². The minimum absolute atomic E-state index is 0.653. The van der Waals surface area contributed by atoms with Gasteiger partial charge >= 0.3 is 0 Å². The maximum absolute atomic E-state index is 2.31. The van der Waals surface area contributed by atoms with Crippen LogP contribution < -0.4 is 0 Å². The molecule has 1 saturated carbocycles. The molecule has 0 amide bonds. The zero-order valence-corrected chi connectivity index (χ0v) is 10.3. The van der Waals surface area contributed by atoms with Crippen molar-refractivity contribution in [2.75, 3.05) is 0 Å². The van der Waals surface area contributed by atoms with E-state index in [2.05, 4.69) is 45.9 Å². The van der Waals surface area contributed by atoms with Crippen molar-refractivity contribution in [1.29, 1.82) is 0 Å². The highest BCUT2D eigenvalue weighted by molar-refractivity contribution is 5.47. The van der Waals surface area contributed by atoms with Gasteiger partial charge in [0.15, 0.2) is 0 Å². The Morgan fingerprint density at radius 3 is 2.33 bits per heavy atom. The van der Waals surface area contributed by atoms with Gasteiger partial charge in [-0.3, -0.25) is 0 Å². The summed E-state index contributed by atoms with van der Waals surface area (Å²) in [5.74, 6) is 2.97. The smallest absolute Gasteiger partial charge is 0.000901 e. The van der Waals surface area contributed by atoms with Gasteiger partial charge in [-0.05, 0) is 47.3 Å². The van der Waals surface area contributed by atoms with Crippen LogP contribution in [-0.4, -0.2) is 0 Å². The largest absolute Gasteiger partial charge is 0.0617 e. The molecule has 0 spiro atoms. The van der Waals surface area contributed by atoms with Crippen LogP contribution in [0.5, 0.6) is 0 Å². The van der Waals surface area contributed by atoms with Gasteiger partial charge in [0.2, 0.25) is 0 Å². The average Bonchev–Trinajstić information content (AvgIpc) is 2.99. The predicted octanol–water partition coefficient (Wildman–Crippen LogP) is 4.65. The fraction of sp³-hybridized carbons (Fsp3) is 0.533. The second-order valence-electron chi connectivity index (χ2n) is 5.24. The van der Waals surface area contributed by atoms with Crippen LogP contribution in [-0.2, 0) is 0 Å². The van der Waals surface area contributed by atoms with Crippen molar-refractivity contribution in [2.45, 2.75) is 52.4 Å². The van der Waals surface area contributed by atoms with Gasteiger partial charge in [0.25, 0.3) is 0 Å². The van der Waals surface area contributed by atoms with E-state index < -0.39 is 0 Å². The number of rotatable bonds is 3. The highest BCUT2D eigenvalue weighted by Crippen LogP contribution is 2.46. The van der Waals surface area contributed by atoms with Crippen LogP contribution in [0, 0.1) is 5.92 Å². The molecule has 0 saturated heterocycles. The summed E-state index contributed by atoms with van der Waals surface area (Å²) >= 11 is 0. The van der Waals surface area contributed by atoms with Crippen molar-refractivity contribution < 1.29 is 0 Å². The Morgan fingerprint density at radius 1 is 1.20 bits per heavy atom. The molecule has 2 rings (SSSR count). The van der Waals surface area contributed by atoms with Gasteiger partial charge in [0, 0.05) is 0 Å². The van der Waals surface area contributed by atoms with Crippen molar-refractivity contribution in [2.24, 2.45) is 0 Å². The maximum Gasteiger partial charge on any atom is -0.000901 e. The van der Waals surface area contributed by atoms with E-state index in [0.717, 1.165) is 5.92 Å². The third-order valence-corrected chi connectivity index (χ3v) is 3.29. The lowest BCUT2D eigenvalue weighted by atomic mass is 9.86. The lowest BCUT2D eigenvalue weighted by molar-refractivity contribution is 0.834. The maximum atomic E-state index is 2.31. The van der Waals surface area contributed by atoms with E-state index in [1.807, 2.05) is 0 Å². The molecule has 1 radical (unpaired) electrons. The molecule has 0 aliphatic heterocycles. The molecule has 1 aliphatic carbocycles. The summed E-state index contributed by atoms with van der Waals surface area (Å²) < 4.78 is 0. The van der Waals surface area contributed by atoms with Gasteiger partial charge in [-0.2, -0.15) is 0 Å². The molecule has 0 N–H and O–H groups in total. The lowest BCUT2D eigenvalue weighted by Gasteiger charge is -2.18. The molecule has 1 aromatic carbocycles. The third kappa shape index (κ3) is 2.09. The minimum atomic E-state index is 0.653. The summed E-state index contributed by atoms with van der Waals surface area (Å²) in [4.78, 5) is 0. The van der Waals surface area contributed by atoms with Gasteiger partial charge in [-0.15, -0.1) is 0 Å². The highest BCUT2D eigenvalue weighted by atomic mass is 14.3. The fourth-order valence-electron chi connectivity index (χ4n) is 2.35. The standard InChI is InChI=1S/C15H21/c1-10(2)13-6-5-7-14(11(3)4)15(13)12-8-9-12/h5-7,10,12H,8-9H2,1-4H3. The van der Waals surface area contributed by atoms with Gasteiger partial charge in [-0.25, -0.2) is 0 Å². The lowest BCUT2D eigenvalue weighted by Crippen LogP contribution is -2.02. The van der Waals surface area contributed by atoms with E-state index in [4.69, 9.17) is 0 Å². The molecular formula is C15H21. The summed E-state index contributed by atoms with van der Waals surface area (Å²) in [5, 5.41) is 0. The molecule has 1 fully saturated rings. The second-order valence-corrected chi connectivity index (χ2v) is 5.24. The Hall–Kier alpha value is -0.780. The van der Waals surface area contributed by atoms with Crippen molar-refractivity contribution in [3.63, 3.8) is 0 Å². The van der Waals surface area contributed by atoms with Crippen LogP contribution in [0.2, 0.25) is 0 Å². The normalized spacial score (nSPS) is 16.4. The Bertz CT molecular complexity index is 317.